The van der Waals surface area contributed by atoms with Crippen LogP contribution in [0.15, 0.2) is 29.4 Å². The van der Waals surface area contributed by atoms with Gasteiger partial charge < -0.3 is 15.9 Å². The number of amides is 1. The Morgan fingerprint density at radius 2 is 2.10 bits per heavy atom. The predicted molar refractivity (Wildman–Crippen MR) is 106 cm³/mol. The Morgan fingerprint density at radius 1 is 1.34 bits per heavy atom. The monoisotopic (exact) mass is 418 g/mol. The van der Waals surface area contributed by atoms with E-state index >= 15 is 0 Å². The highest BCUT2D eigenvalue weighted by Gasteiger charge is 2.17. The molecule has 0 saturated carbocycles. The van der Waals surface area contributed by atoms with Gasteiger partial charge in [-0.1, -0.05) is 11.8 Å². The summed E-state index contributed by atoms with van der Waals surface area (Å²) in [5, 5.41) is 26.2. The highest BCUT2D eigenvalue weighted by Crippen LogP contribution is 2.29. The van der Waals surface area contributed by atoms with E-state index < -0.39 is 4.92 Å². The first-order valence-electron chi connectivity index (χ1n) is 8.29. The zero-order valence-electron chi connectivity index (χ0n) is 15.8. The summed E-state index contributed by atoms with van der Waals surface area (Å²) in [6, 6.07) is 5.81. The van der Waals surface area contributed by atoms with Crippen molar-refractivity contribution in [1.29, 1.82) is 0 Å². The lowest BCUT2D eigenvalue weighted by atomic mass is 10.2. The van der Waals surface area contributed by atoms with Gasteiger partial charge in [-0.2, -0.15) is 5.10 Å². The molecule has 0 aliphatic heterocycles. The topological polar surface area (TPSA) is 156 Å². The van der Waals surface area contributed by atoms with Crippen LogP contribution in [0.5, 0.6) is 5.75 Å². The van der Waals surface area contributed by atoms with Gasteiger partial charge in [0.15, 0.2) is 0 Å². The molecule has 3 rings (SSSR count). The van der Waals surface area contributed by atoms with Crippen LogP contribution < -0.4 is 15.9 Å². The van der Waals surface area contributed by atoms with Crippen molar-refractivity contribution in [2.24, 2.45) is 0 Å². The molecule has 29 heavy (non-hydrogen) atoms. The van der Waals surface area contributed by atoms with Crippen LogP contribution in [-0.2, 0) is 4.79 Å². The molecule has 0 spiro atoms. The summed E-state index contributed by atoms with van der Waals surface area (Å²) < 4.78 is 7.92. The fraction of sp³-hybridized carbons (Fsp3) is 0.250. The maximum absolute atomic E-state index is 12.3. The lowest BCUT2D eigenvalue weighted by Crippen LogP contribution is -2.19. The molecule has 0 unspecified atom stereocenters. The minimum atomic E-state index is -0.543. The first kappa shape index (κ1) is 20.1. The number of thioether (sulfide) groups is 1. The van der Waals surface area contributed by atoms with Crippen LogP contribution in [-0.4, -0.2) is 48.3 Å². The quantitative estimate of drug-likeness (QED) is 0.251. The highest BCUT2D eigenvalue weighted by atomic mass is 32.2. The van der Waals surface area contributed by atoms with E-state index in [-0.39, 0.29) is 23.1 Å². The smallest absolute Gasteiger partial charge is 0.273 e. The van der Waals surface area contributed by atoms with Crippen molar-refractivity contribution in [3.8, 4) is 11.7 Å². The molecule has 0 atom stereocenters. The Morgan fingerprint density at radius 3 is 2.72 bits per heavy atom. The standard InChI is InChI=1S/C16H18N8O4S/c1-9-6-10(2)23(21-9)15-19-20-16(22(15)17)29-8-14(25)18-12-5-4-11(24(26)27)7-13(12)28-3/h4-7H,8,17H2,1-3H3,(H,18,25). The van der Waals surface area contributed by atoms with Gasteiger partial charge in [-0.25, -0.2) is 9.36 Å². The number of anilines is 1. The Labute approximate surface area is 169 Å². The van der Waals surface area contributed by atoms with Crippen molar-refractivity contribution in [1.82, 2.24) is 24.7 Å². The van der Waals surface area contributed by atoms with Crippen molar-refractivity contribution in [3.63, 3.8) is 0 Å². The zero-order chi connectivity index (χ0) is 21.1. The Hall–Kier alpha value is -3.61. The third-order valence-electron chi connectivity index (χ3n) is 3.85. The van der Waals surface area contributed by atoms with E-state index in [2.05, 4.69) is 20.6 Å². The average Bonchev–Trinajstić information content (AvgIpc) is 3.20. The summed E-state index contributed by atoms with van der Waals surface area (Å²) in [6.45, 7) is 3.72. The number of nitro groups is 1. The van der Waals surface area contributed by atoms with Gasteiger partial charge in [0.2, 0.25) is 11.1 Å². The van der Waals surface area contributed by atoms with Crippen molar-refractivity contribution in [2.75, 3.05) is 24.0 Å². The van der Waals surface area contributed by atoms with Crippen molar-refractivity contribution in [3.05, 3.63) is 45.8 Å². The third kappa shape index (κ3) is 4.29. The van der Waals surface area contributed by atoms with Crippen LogP contribution >= 0.6 is 11.8 Å². The largest absolute Gasteiger partial charge is 0.494 e. The van der Waals surface area contributed by atoms with E-state index in [4.69, 9.17) is 10.6 Å². The van der Waals surface area contributed by atoms with Crippen LogP contribution in [0, 0.1) is 24.0 Å². The van der Waals surface area contributed by atoms with E-state index in [0.717, 1.165) is 23.1 Å². The second-order valence-electron chi connectivity index (χ2n) is 5.97. The maximum atomic E-state index is 12.3. The van der Waals surface area contributed by atoms with Crippen LogP contribution in [0.1, 0.15) is 11.4 Å². The zero-order valence-corrected chi connectivity index (χ0v) is 16.6. The summed E-state index contributed by atoms with van der Waals surface area (Å²) in [4.78, 5) is 22.6. The van der Waals surface area contributed by atoms with Gasteiger partial charge in [-0.05, 0) is 26.0 Å². The number of methoxy groups -OCH3 is 1. The number of hydrogen-bond acceptors (Lipinski definition) is 9. The average molecular weight is 418 g/mol. The summed E-state index contributed by atoms with van der Waals surface area (Å²) >= 11 is 1.09. The lowest BCUT2D eigenvalue weighted by Gasteiger charge is -2.09. The number of nitrogens with one attached hydrogen (secondary N) is 1. The number of hydrogen-bond donors (Lipinski definition) is 2. The molecule has 152 valence electrons. The third-order valence-corrected chi connectivity index (χ3v) is 4.79. The number of nitrogens with zero attached hydrogens (tertiary/aromatic N) is 6. The number of benzene rings is 1. The molecule has 3 N–H and O–H groups in total. The van der Waals surface area contributed by atoms with E-state index in [1.165, 1.54) is 30.0 Å². The fourth-order valence-corrected chi connectivity index (χ4v) is 3.21. The molecule has 0 saturated heterocycles. The number of aromatic nitrogens is 5. The minimum Gasteiger partial charge on any atom is -0.494 e. The minimum absolute atomic E-state index is 0.00735. The van der Waals surface area contributed by atoms with Gasteiger partial charge >= 0.3 is 0 Å². The molecule has 2 aromatic heterocycles. The van der Waals surface area contributed by atoms with Gasteiger partial charge in [-0.15, -0.1) is 10.2 Å². The summed E-state index contributed by atoms with van der Waals surface area (Å²) in [5.74, 6) is 6.18. The van der Waals surface area contributed by atoms with E-state index in [1.54, 1.807) is 4.68 Å². The Kier molecular flexibility index (Phi) is 5.68. The number of carbonyl (C=O) groups is 1. The molecule has 0 bridgehead atoms. The van der Waals surface area contributed by atoms with E-state index in [9.17, 15) is 14.9 Å². The van der Waals surface area contributed by atoms with Gasteiger partial charge in [0, 0.05) is 11.8 Å². The second kappa shape index (κ2) is 8.18. The fourth-order valence-electron chi connectivity index (χ4n) is 2.56. The number of nitrogens with two attached hydrogens (primary N) is 1. The molecule has 3 aromatic rings. The molecule has 13 heteroatoms. The van der Waals surface area contributed by atoms with Gasteiger partial charge in [0.05, 0.1) is 35.2 Å². The number of nitrogen functional groups attached to an aromatic ring is 1. The molecular formula is C16H18N8O4S. The second-order valence-corrected chi connectivity index (χ2v) is 6.91. The number of carbonyl (C=O) groups excluding carboxylic acids is 1. The van der Waals surface area contributed by atoms with Gasteiger partial charge in [0.1, 0.15) is 5.75 Å². The van der Waals surface area contributed by atoms with E-state index in [0.29, 0.717) is 16.8 Å². The van der Waals surface area contributed by atoms with Gasteiger partial charge in [-0.3, -0.25) is 14.9 Å². The molecule has 0 aliphatic carbocycles. The van der Waals surface area contributed by atoms with E-state index in [1.807, 2.05) is 19.9 Å². The molecule has 12 nitrogen and oxygen atoms in total. The van der Waals surface area contributed by atoms with Crippen molar-refractivity contribution in [2.45, 2.75) is 19.0 Å². The molecular weight excluding hydrogens is 400 g/mol. The number of ether oxygens (including phenoxy) is 1. The van der Waals surface area contributed by atoms with Crippen molar-refractivity contribution >= 4 is 29.0 Å². The molecule has 1 amide bonds. The normalized spacial score (nSPS) is 10.7. The van der Waals surface area contributed by atoms with Crippen LogP contribution in [0.25, 0.3) is 5.95 Å². The summed E-state index contributed by atoms with van der Waals surface area (Å²) in [5.41, 5.74) is 1.85. The molecule has 0 fully saturated rings. The first-order valence-corrected chi connectivity index (χ1v) is 9.28. The molecule has 0 radical (unpaired) electrons. The van der Waals surface area contributed by atoms with Crippen molar-refractivity contribution < 1.29 is 14.5 Å². The van der Waals surface area contributed by atoms with Gasteiger partial charge in [0.25, 0.3) is 11.6 Å². The Bertz CT molecular complexity index is 1080. The number of aryl methyl sites for hydroxylation is 2. The van der Waals surface area contributed by atoms with Crippen LogP contribution in [0.3, 0.4) is 0 Å². The number of nitro benzene ring substituents is 1. The summed E-state index contributed by atoms with van der Waals surface area (Å²) in [6.07, 6.45) is 0. The number of non-ortho nitro benzene ring substituents is 1. The lowest BCUT2D eigenvalue weighted by molar-refractivity contribution is -0.384. The maximum Gasteiger partial charge on any atom is 0.273 e. The first-order chi connectivity index (χ1) is 13.8. The molecule has 1 aromatic carbocycles. The van der Waals surface area contributed by atoms with Crippen LogP contribution in [0.2, 0.25) is 0 Å². The summed E-state index contributed by atoms with van der Waals surface area (Å²) in [7, 11) is 1.36. The molecule has 0 aliphatic rings. The Balaban J connectivity index is 1.67. The number of rotatable bonds is 7. The SMILES string of the molecule is COc1cc([N+](=O)[O-])ccc1NC(=O)CSc1nnc(-n2nc(C)cc2C)n1N. The predicted octanol–water partition coefficient (Wildman–Crippen LogP) is 1.44. The van der Waals surface area contributed by atoms with Crippen LogP contribution in [0.4, 0.5) is 11.4 Å². The highest BCUT2D eigenvalue weighted by molar-refractivity contribution is 7.99. The molecule has 2 heterocycles.